The molecule has 8 heteroatoms. The number of fused-ring (bicyclic) bond motifs is 1. The molecule has 2 aliphatic heterocycles. The van der Waals surface area contributed by atoms with Gasteiger partial charge in [-0.25, -0.2) is 4.98 Å². The Morgan fingerprint density at radius 3 is 3.00 bits per heavy atom. The van der Waals surface area contributed by atoms with Gasteiger partial charge < -0.3 is 19.1 Å². The zero-order valence-electron chi connectivity index (χ0n) is 13.3. The van der Waals surface area contributed by atoms with Gasteiger partial charge in [0.05, 0.1) is 0 Å². The minimum atomic E-state index is -0.544. The Hall–Kier alpha value is -2.77. The summed E-state index contributed by atoms with van der Waals surface area (Å²) >= 11 is 0. The van der Waals surface area contributed by atoms with E-state index in [9.17, 15) is 4.79 Å². The molecule has 0 saturated carbocycles. The normalized spacial score (nSPS) is 17.5. The van der Waals surface area contributed by atoms with Crippen molar-refractivity contribution in [3.63, 3.8) is 0 Å². The Balaban J connectivity index is 1.29. The maximum atomic E-state index is 12.4. The molecule has 8 nitrogen and oxygen atoms in total. The van der Waals surface area contributed by atoms with Crippen LogP contribution in [0.15, 0.2) is 30.9 Å². The first-order valence-corrected chi connectivity index (χ1v) is 7.86. The summed E-state index contributed by atoms with van der Waals surface area (Å²) in [6.07, 6.45) is 2.66. The molecule has 0 spiro atoms. The largest absolute Gasteiger partial charge is 0.481 e. The number of amides is 1. The number of hydrogen-bond donors (Lipinski definition) is 0. The first-order chi connectivity index (χ1) is 11.7. The van der Waals surface area contributed by atoms with Crippen LogP contribution in [0.2, 0.25) is 0 Å². The van der Waals surface area contributed by atoms with Crippen molar-refractivity contribution >= 4 is 5.91 Å². The van der Waals surface area contributed by atoms with Crippen LogP contribution in [0.1, 0.15) is 6.92 Å². The monoisotopic (exact) mass is 330 g/mol. The fraction of sp³-hybridized carbons (Fsp3) is 0.438. The van der Waals surface area contributed by atoms with Gasteiger partial charge in [-0.3, -0.25) is 9.48 Å². The second-order valence-electron chi connectivity index (χ2n) is 6.00. The molecule has 3 heterocycles. The molecule has 1 amide bonds. The highest BCUT2D eigenvalue weighted by atomic mass is 16.7. The standard InChI is InChI=1S/C16H18N4O4/c1-11(24-13-2-3-14-15(4-13)23-10-22-14)16(21)19-5-12(6-19)7-20-9-17-8-18-20/h2-4,8-9,11-12H,5-7,10H2,1H3. The average Bonchev–Trinajstić information content (AvgIpc) is 3.20. The molecule has 0 bridgehead atoms. The first-order valence-electron chi connectivity index (χ1n) is 7.86. The summed E-state index contributed by atoms with van der Waals surface area (Å²) in [5.41, 5.74) is 0. The maximum absolute atomic E-state index is 12.4. The predicted molar refractivity (Wildman–Crippen MR) is 82.7 cm³/mol. The summed E-state index contributed by atoms with van der Waals surface area (Å²) in [5.74, 6) is 2.33. The van der Waals surface area contributed by atoms with Crippen molar-refractivity contribution in [3.05, 3.63) is 30.9 Å². The van der Waals surface area contributed by atoms with Gasteiger partial charge in [-0.1, -0.05) is 0 Å². The van der Waals surface area contributed by atoms with Crippen LogP contribution >= 0.6 is 0 Å². The van der Waals surface area contributed by atoms with Gasteiger partial charge in [0.2, 0.25) is 6.79 Å². The third kappa shape index (κ3) is 2.86. The van der Waals surface area contributed by atoms with Crippen molar-refractivity contribution in [3.8, 4) is 17.2 Å². The van der Waals surface area contributed by atoms with Crippen LogP contribution < -0.4 is 14.2 Å². The van der Waals surface area contributed by atoms with E-state index >= 15 is 0 Å². The van der Waals surface area contributed by atoms with Crippen LogP contribution in [0.4, 0.5) is 0 Å². The second-order valence-corrected chi connectivity index (χ2v) is 6.00. The van der Waals surface area contributed by atoms with Gasteiger partial charge in [0.25, 0.3) is 5.91 Å². The zero-order valence-corrected chi connectivity index (χ0v) is 13.3. The second kappa shape index (κ2) is 6.03. The fourth-order valence-electron chi connectivity index (χ4n) is 2.92. The molecule has 1 atom stereocenters. The molecule has 0 aliphatic carbocycles. The number of benzene rings is 1. The summed E-state index contributed by atoms with van der Waals surface area (Å²) < 4.78 is 18.1. The molecule has 1 unspecified atom stereocenters. The van der Waals surface area contributed by atoms with E-state index in [2.05, 4.69) is 10.1 Å². The summed E-state index contributed by atoms with van der Waals surface area (Å²) in [7, 11) is 0. The number of nitrogens with zero attached hydrogens (tertiary/aromatic N) is 4. The molecular formula is C16H18N4O4. The van der Waals surface area contributed by atoms with Crippen LogP contribution in [-0.2, 0) is 11.3 Å². The van der Waals surface area contributed by atoms with Crippen molar-refractivity contribution in [2.75, 3.05) is 19.9 Å². The number of aromatic nitrogens is 3. The highest BCUT2D eigenvalue weighted by molar-refractivity contribution is 5.81. The van der Waals surface area contributed by atoms with Crippen molar-refractivity contribution in [1.29, 1.82) is 0 Å². The maximum Gasteiger partial charge on any atom is 0.263 e. The Morgan fingerprint density at radius 2 is 2.21 bits per heavy atom. The van der Waals surface area contributed by atoms with E-state index in [1.54, 1.807) is 41.0 Å². The van der Waals surface area contributed by atoms with Crippen molar-refractivity contribution in [2.45, 2.75) is 19.6 Å². The first kappa shape index (κ1) is 14.8. The quantitative estimate of drug-likeness (QED) is 0.812. The van der Waals surface area contributed by atoms with E-state index in [1.807, 2.05) is 0 Å². The Kier molecular flexibility index (Phi) is 3.72. The molecule has 1 saturated heterocycles. The third-order valence-electron chi connectivity index (χ3n) is 4.19. The van der Waals surface area contributed by atoms with Gasteiger partial charge >= 0.3 is 0 Å². The molecule has 2 aliphatic rings. The summed E-state index contributed by atoms with van der Waals surface area (Å²) in [6.45, 7) is 4.19. The van der Waals surface area contributed by atoms with Crippen LogP contribution in [0.3, 0.4) is 0 Å². The molecule has 4 rings (SSSR count). The summed E-state index contributed by atoms with van der Waals surface area (Å²) in [4.78, 5) is 18.1. The van der Waals surface area contributed by atoms with Crippen LogP contribution in [0.25, 0.3) is 0 Å². The Labute approximate surface area is 138 Å². The Bertz CT molecular complexity index is 728. The van der Waals surface area contributed by atoms with Crippen LogP contribution in [0.5, 0.6) is 17.2 Å². The van der Waals surface area contributed by atoms with Gasteiger partial charge in [0.15, 0.2) is 17.6 Å². The molecule has 1 fully saturated rings. The topological polar surface area (TPSA) is 78.7 Å². The molecule has 2 aromatic rings. The van der Waals surface area contributed by atoms with E-state index in [1.165, 1.54) is 6.33 Å². The summed E-state index contributed by atoms with van der Waals surface area (Å²) in [5, 5.41) is 4.08. The molecule has 0 N–H and O–H groups in total. The van der Waals surface area contributed by atoms with Crippen molar-refractivity contribution < 1.29 is 19.0 Å². The smallest absolute Gasteiger partial charge is 0.263 e. The minimum absolute atomic E-state index is 0.0116. The Morgan fingerprint density at radius 1 is 1.38 bits per heavy atom. The lowest BCUT2D eigenvalue weighted by Crippen LogP contribution is -2.54. The number of ether oxygens (including phenoxy) is 3. The number of carbonyl (C=O) groups excluding carboxylic acids is 1. The number of likely N-dealkylation sites (tertiary alicyclic amines) is 1. The lowest BCUT2D eigenvalue weighted by atomic mass is 9.99. The van der Waals surface area contributed by atoms with Gasteiger partial charge in [-0.15, -0.1) is 0 Å². The summed E-state index contributed by atoms with van der Waals surface area (Å²) in [6, 6.07) is 5.31. The number of rotatable bonds is 5. The molecule has 1 aromatic heterocycles. The average molecular weight is 330 g/mol. The van der Waals surface area contributed by atoms with Crippen molar-refractivity contribution in [2.24, 2.45) is 5.92 Å². The van der Waals surface area contributed by atoms with Crippen molar-refractivity contribution in [1.82, 2.24) is 19.7 Å². The lowest BCUT2D eigenvalue weighted by molar-refractivity contribution is -0.144. The van der Waals surface area contributed by atoms with Gasteiger partial charge in [-0.05, 0) is 19.1 Å². The third-order valence-corrected chi connectivity index (χ3v) is 4.19. The molecule has 1 aromatic carbocycles. The van der Waals surface area contributed by atoms with E-state index in [0.717, 1.165) is 6.54 Å². The zero-order chi connectivity index (χ0) is 16.5. The van der Waals surface area contributed by atoms with Gasteiger partial charge in [-0.2, -0.15) is 5.10 Å². The highest BCUT2D eigenvalue weighted by Gasteiger charge is 2.34. The molecule has 0 radical (unpaired) electrons. The molecule has 24 heavy (non-hydrogen) atoms. The highest BCUT2D eigenvalue weighted by Crippen LogP contribution is 2.35. The van der Waals surface area contributed by atoms with E-state index in [4.69, 9.17) is 14.2 Å². The number of carbonyl (C=O) groups is 1. The SMILES string of the molecule is CC(Oc1ccc2c(c1)OCO2)C(=O)N1CC(Cn2cncn2)C1. The lowest BCUT2D eigenvalue weighted by Gasteiger charge is -2.40. The minimum Gasteiger partial charge on any atom is -0.481 e. The van der Waals surface area contributed by atoms with E-state index < -0.39 is 6.10 Å². The van der Waals surface area contributed by atoms with Crippen LogP contribution in [0, 0.1) is 5.92 Å². The fourth-order valence-corrected chi connectivity index (χ4v) is 2.92. The van der Waals surface area contributed by atoms with Crippen LogP contribution in [-0.4, -0.2) is 51.6 Å². The van der Waals surface area contributed by atoms with Gasteiger partial charge in [0, 0.05) is 31.6 Å². The molecule has 126 valence electrons. The number of hydrogen-bond acceptors (Lipinski definition) is 6. The van der Waals surface area contributed by atoms with Gasteiger partial charge in [0.1, 0.15) is 18.4 Å². The molecular weight excluding hydrogens is 312 g/mol. The predicted octanol–water partition coefficient (Wildman–Crippen LogP) is 0.933. The van der Waals surface area contributed by atoms with E-state index in [0.29, 0.717) is 36.3 Å². The van der Waals surface area contributed by atoms with E-state index in [-0.39, 0.29) is 12.7 Å².